The summed E-state index contributed by atoms with van der Waals surface area (Å²) in [6.45, 7) is 0.287. The van der Waals surface area contributed by atoms with Crippen LogP contribution >= 0.6 is 0 Å². The molecule has 1 aliphatic carbocycles. The summed E-state index contributed by atoms with van der Waals surface area (Å²) in [7, 11) is -3.56. The van der Waals surface area contributed by atoms with E-state index in [9.17, 15) is 13.2 Å². The van der Waals surface area contributed by atoms with Gasteiger partial charge in [-0.3, -0.25) is 4.79 Å². The van der Waals surface area contributed by atoms with Crippen molar-refractivity contribution in [3.63, 3.8) is 0 Å². The summed E-state index contributed by atoms with van der Waals surface area (Å²) >= 11 is 0. The Kier molecular flexibility index (Phi) is 6.11. The van der Waals surface area contributed by atoms with E-state index < -0.39 is 10.0 Å². The van der Waals surface area contributed by atoms with Crippen molar-refractivity contribution in [1.82, 2.24) is 10.0 Å². The molecule has 1 saturated carbocycles. The van der Waals surface area contributed by atoms with Crippen LogP contribution in [0.5, 0.6) is 0 Å². The van der Waals surface area contributed by atoms with Gasteiger partial charge in [-0.25, -0.2) is 13.1 Å². The molecule has 0 aliphatic heterocycles. The van der Waals surface area contributed by atoms with Crippen molar-refractivity contribution in [2.24, 2.45) is 0 Å². The summed E-state index contributed by atoms with van der Waals surface area (Å²) in [4.78, 5) is 12.3. The van der Waals surface area contributed by atoms with Gasteiger partial charge in [-0.05, 0) is 49.2 Å². The number of benzene rings is 1. The summed E-state index contributed by atoms with van der Waals surface area (Å²) in [5.41, 5.74) is 0.407. The first-order chi connectivity index (χ1) is 12.5. The SMILES string of the molecule is O=C(NCc1ccco1)c1ccc(S(=O)(=O)NC2CCCCCC2)cc1. The minimum Gasteiger partial charge on any atom is -0.467 e. The Morgan fingerprint density at radius 1 is 1.04 bits per heavy atom. The maximum atomic E-state index is 12.6. The molecule has 1 aliphatic rings. The number of sulfonamides is 1. The second-order valence-corrected chi connectivity index (χ2v) is 8.31. The van der Waals surface area contributed by atoms with Crippen LogP contribution in [-0.2, 0) is 16.6 Å². The number of amides is 1. The molecule has 0 bridgehead atoms. The molecule has 0 spiro atoms. The molecular weight excluding hydrogens is 352 g/mol. The van der Waals surface area contributed by atoms with Crippen molar-refractivity contribution in [2.45, 2.75) is 56.0 Å². The van der Waals surface area contributed by atoms with Gasteiger partial charge in [0.05, 0.1) is 17.7 Å². The molecule has 1 aromatic heterocycles. The van der Waals surface area contributed by atoms with Gasteiger partial charge in [-0.1, -0.05) is 25.7 Å². The van der Waals surface area contributed by atoms with Crippen LogP contribution in [0.1, 0.15) is 54.6 Å². The largest absolute Gasteiger partial charge is 0.467 e. The van der Waals surface area contributed by atoms with Crippen LogP contribution in [0.4, 0.5) is 0 Å². The molecule has 140 valence electrons. The molecule has 7 heteroatoms. The standard InChI is InChI=1S/C19H24N2O4S/c22-19(20-14-17-8-5-13-25-17)15-9-11-18(12-10-15)26(23,24)21-16-6-3-1-2-4-7-16/h5,8-13,16,21H,1-4,6-7,14H2,(H,20,22). The zero-order valence-electron chi connectivity index (χ0n) is 14.6. The molecule has 1 fully saturated rings. The number of carbonyl (C=O) groups excluding carboxylic acids is 1. The maximum absolute atomic E-state index is 12.6. The molecule has 2 aromatic rings. The van der Waals surface area contributed by atoms with E-state index in [2.05, 4.69) is 10.0 Å². The first kappa shape index (κ1) is 18.7. The third kappa shape index (κ3) is 4.95. The van der Waals surface area contributed by atoms with Crippen molar-refractivity contribution in [1.29, 1.82) is 0 Å². The van der Waals surface area contributed by atoms with Crippen molar-refractivity contribution < 1.29 is 17.6 Å². The zero-order chi connectivity index (χ0) is 18.4. The van der Waals surface area contributed by atoms with E-state index in [1.165, 1.54) is 37.1 Å². The lowest BCUT2D eigenvalue weighted by molar-refractivity contribution is 0.0948. The van der Waals surface area contributed by atoms with E-state index in [0.717, 1.165) is 25.7 Å². The Hall–Kier alpha value is -2.12. The van der Waals surface area contributed by atoms with Crippen molar-refractivity contribution in [2.75, 3.05) is 0 Å². The molecule has 26 heavy (non-hydrogen) atoms. The maximum Gasteiger partial charge on any atom is 0.251 e. The van der Waals surface area contributed by atoms with E-state index >= 15 is 0 Å². The summed E-state index contributed by atoms with van der Waals surface area (Å²) in [5.74, 6) is 0.382. The fraction of sp³-hybridized carbons (Fsp3) is 0.421. The van der Waals surface area contributed by atoms with Crippen LogP contribution in [-0.4, -0.2) is 20.4 Å². The average molecular weight is 376 g/mol. The summed E-state index contributed by atoms with van der Waals surface area (Å²) in [6.07, 6.45) is 7.76. The molecule has 6 nitrogen and oxygen atoms in total. The predicted octanol–water partition coefficient (Wildman–Crippen LogP) is 3.21. The van der Waals surface area contributed by atoms with Gasteiger partial charge >= 0.3 is 0 Å². The monoisotopic (exact) mass is 376 g/mol. The normalized spacial score (nSPS) is 16.2. The molecule has 0 radical (unpaired) electrons. The minimum absolute atomic E-state index is 0.00114. The molecule has 0 saturated heterocycles. The Morgan fingerprint density at radius 2 is 1.73 bits per heavy atom. The van der Waals surface area contributed by atoms with Gasteiger partial charge in [0.25, 0.3) is 5.91 Å². The topological polar surface area (TPSA) is 88.4 Å². The molecule has 1 amide bonds. The minimum atomic E-state index is -3.56. The Morgan fingerprint density at radius 3 is 2.35 bits per heavy atom. The number of furan rings is 1. The van der Waals surface area contributed by atoms with Crippen LogP contribution in [0.3, 0.4) is 0 Å². The van der Waals surface area contributed by atoms with Crippen LogP contribution < -0.4 is 10.0 Å². The molecule has 1 heterocycles. The fourth-order valence-electron chi connectivity index (χ4n) is 3.15. The summed E-state index contributed by atoms with van der Waals surface area (Å²) < 4.78 is 33.1. The van der Waals surface area contributed by atoms with Crippen molar-refractivity contribution >= 4 is 15.9 Å². The molecular formula is C19H24N2O4S. The second-order valence-electron chi connectivity index (χ2n) is 6.60. The molecule has 2 N–H and O–H groups in total. The van der Waals surface area contributed by atoms with Gasteiger partial charge in [-0.15, -0.1) is 0 Å². The Bertz CT molecular complexity index is 806. The van der Waals surface area contributed by atoms with Crippen LogP contribution in [0.25, 0.3) is 0 Å². The first-order valence-corrected chi connectivity index (χ1v) is 10.5. The average Bonchev–Trinajstić information content (AvgIpc) is 3.04. The van der Waals surface area contributed by atoms with Crippen LogP contribution in [0, 0.1) is 0 Å². The number of carbonyl (C=O) groups is 1. The van der Waals surface area contributed by atoms with Crippen LogP contribution in [0.2, 0.25) is 0 Å². The highest BCUT2D eigenvalue weighted by Gasteiger charge is 2.21. The molecule has 3 rings (SSSR count). The fourth-order valence-corrected chi connectivity index (χ4v) is 4.46. The molecule has 0 unspecified atom stereocenters. The van der Waals surface area contributed by atoms with Gasteiger partial charge in [0.1, 0.15) is 5.76 Å². The third-order valence-corrected chi connectivity index (χ3v) is 6.14. The van der Waals surface area contributed by atoms with Gasteiger partial charge in [0, 0.05) is 11.6 Å². The van der Waals surface area contributed by atoms with E-state index in [4.69, 9.17) is 4.42 Å². The third-order valence-electron chi connectivity index (χ3n) is 4.61. The van der Waals surface area contributed by atoms with Crippen molar-refractivity contribution in [3.05, 3.63) is 54.0 Å². The highest BCUT2D eigenvalue weighted by molar-refractivity contribution is 7.89. The quantitative estimate of drug-likeness (QED) is 0.758. The zero-order valence-corrected chi connectivity index (χ0v) is 15.4. The van der Waals surface area contributed by atoms with E-state index in [1.807, 2.05) is 0 Å². The lowest BCUT2D eigenvalue weighted by Crippen LogP contribution is -2.34. The van der Waals surface area contributed by atoms with E-state index in [-0.39, 0.29) is 23.4 Å². The lowest BCUT2D eigenvalue weighted by Gasteiger charge is -2.16. The van der Waals surface area contributed by atoms with E-state index in [1.54, 1.807) is 18.4 Å². The second kappa shape index (κ2) is 8.51. The summed E-state index contributed by atoms with van der Waals surface area (Å²) in [6, 6.07) is 9.52. The van der Waals surface area contributed by atoms with Gasteiger partial charge in [-0.2, -0.15) is 0 Å². The summed E-state index contributed by atoms with van der Waals surface area (Å²) in [5, 5.41) is 2.73. The number of nitrogens with one attached hydrogen (secondary N) is 2. The van der Waals surface area contributed by atoms with Crippen molar-refractivity contribution in [3.8, 4) is 0 Å². The first-order valence-electron chi connectivity index (χ1n) is 8.97. The highest BCUT2D eigenvalue weighted by Crippen LogP contribution is 2.20. The van der Waals surface area contributed by atoms with Gasteiger partial charge in [0.2, 0.25) is 10.0 Å². The highest BCUT2D eigenvalue weighted by atomic mass is 32.2. The number of rotatable bonds is 6. The smallest absolute Gasteiger partial charge is 0.251 e. The number of hydrogen-bond donors (Lipinski definition) is 2. The van der Waals surface area contributed by atoms with E-state index in [0.29, 0.717) is 11.3 Å². The lowest BCUT2D eigenvalue weighted by atomic mass is 10.1. The van der Waals surface area contributed by atoms with Gasteiger partial charge < -0.3 is 9.73 Å². The molecule has 0 atom stereocenters. The number of hydrogen-bond acceptors (Lipinski definition) is 4. The Labute approximate surface area is 154 Å². The molecule has 1 aromatic carbocycles. The van der Waals surface area contributed by atoms with Crippen LogP contribution in [0.15, 0.2) is 52.0 Å². The van der Waals surface area contributed by atoms with Gasteiger partial charge in [0.15, 0.2) is 0 Å². The predicted molar refractivity (Wildman–Crippen MR) is 98.1 cm³/mol. The Balaban J connectivity index is 1.61.